The van der Waals surface area contributed by atoms with Gasteiger partial charge in [0.1, 0.15) is 30.2 Å². The number of rotatable bonds is 22. The van der Waals surface area contributed by atoms with Gasteiger partial charge in [-0.2, -0.15) is 0 Å². The van der Waals surface area contributed by atoms with Crippen LogP contribution in [0.2, 0.25) is 0 Å². The third-order valence-electron chi connectivity index (χ3n) is 7.76. The molecule has 0 aromatic rings. The zero-order valence-electron chi connectivity index (χ0n) is 28.1. The van der Waals surface area contributed by atoms with E-state index in [-0.39, 0.29) is 18.9 Å². The normalized spacial score (nSPS) is 17.7. The highest BCUT2D eigenvalue weighted by Gasteiger charge is 2.39. The Morgan fingerprint density at radius 2 is 1.16 bits per heavy atom. The van der Waals surface area contributed by atoms with Gasteiger partial charge in [0.25, 0.3) is 0 Å². The molecule has 0 aromatic heterocycles. The minimum atomic E-state index is -1.85. The lowest BCUT2D eigenvalue weighted by Crippen LogP contribution is -2.61. The zero-order valence-corrected chi connectivity index (χ0v) is 28.1. The van der Waals surface area contributed by atoms with Crippen LogP contribution in [0.1, 0.15) is 78.6 Å². The van der Waals surface area contributed by atoms with E-state index in [0.717, 1.165) is 6.92 Å². The van der Waals surface area contributed by atoms with E-state index in [1.165, 1.54) is 4.90 Å². The number of aliphatic hydroxyl groups excluding tert-OH is 1. The number of carboxylic acid groups (broad SMARTS) is 4. The van der Waals surface area contributed by atoms with Gasteiger partial charge in [0.2, 0.25) is 29.5 Å². The molecule has 1 rings (SSSR count). The number of nitrogens with two attached hydrogens (primary N) is 1. The van der Waals surface area contributed by atoms with Gasteiger partial charge in [-0.05, 0) is 51.4 Å². The van der Waals surface area contributed by atoms with Crippen LogP contribution in [0.4, 0.5) is 0 Å². The zero-order chi connectivity index (χ0) is 38.3. The van der Waals surface area contributed by atoms with Crippen molar-refractivity contribution < 1.29 is 68.7 Å². The fourth-order valence-electron chi connectivity index (χ4n) is 5.18. The van der Waals surface area contributed by atoms with Gasteiger partial charge in [-0.25, -0.2) is 4.79 Å². The van der Waals surface area contributed by atoms with Crippen LogP contribution in [0.15, 0.2) is 0 Å². The summed E-state index contributed by atoms with van der Waals surface area (Å²) in [4.78, 5) is 112. The average Bonchev–Trinajstić information content (AvgIpc) is 3.50. The van der Waals surface area contributed by atoms with Gasteiger partial charge in [0, 0.05) is 25.8 Å². The van der Waals surface area contributed by atoms with Crippen LogP contribution in [0, 0.1) is 5.92 Å². The molecule has 1 aliphatic heterocycles. The van der Waals surface area contributed by atoms with Crippen molar-refractivity contribution in [2.24, 2.45) is 11.7 Å². The van der Waals surface area contributed by atoms with Crippen molar-refractivity contribution >= 4 is 53.4 Å². The third kappa shape index (κ3) is 14.7. The van der Waals surface area contributed by atoms with E-state index >= 15 is 0 Å². The summed E-state index contributed by atoms with van der Waals surface area (Å²) < 4.78 is 0. The maximum absolute atomic E-state index is 13.4. The maximum Gasteiger partial charge on any atom is 0.326 e. The third-order valence-corrected chi connectivity index (χ3v) is 7.76. The number of carbonyl (C=O) groups is 9. The molecule has 282 valence electrons. The van der Waals surface area contributed by atoms with Crippen LogP contribution in [-0.2, 0) is 43.2 Å². The van der Waals surface area contributed by atoms with E-state index in [1.807, 2.05) is 19.2 Å². The van der Waals surface area contributed by atoms with Gasteiger partial charge in [-0.3, -0.25) is 38.4 Å². The lowest BCUT2D eigenvalue weighted by molar-refractivity contribution is -0.144. The molecule has 0 bridgehead atoms. The minimum absolute atomic E-state index is 0.0966. The highest BCUT2D eigenvalue weighted by atomic mass is 16.4. The van der Waals surface area contributed by atoms with Crippen LogP contribution in [-0.4, -0.2) is 133 Å². The Morgan fingerprint density at radius 1 is 0.700 bits per heavy atom. The molecular weight excluding hydrogens is 668 g/mol. The van der Waals surface area contributed by atoms with E-state index in [2.05, 4.69) is 16.0 Å². The number of amides is 5. The fraction of sp³-hybridized carbons (Fsp3) is 0.700. The number of aliphatic hydroxyl groups is 1. The molecule has 0 aliphatic carbocycles. The molecule has 1 fully saturated rings. The van der Waals surface area contributed by atoms with Crippen LogP contribution in [0.5, 0.6) is 0 Å². The first kappa shape index (κ1) is 43.2. The fourth-order valence-corrected chi connectivity index (χ4v) is 5.18. The van der Waals surface area contributed by atoms with Crippen molar-refractivity contribution in [3.8, 4) is 0 Å². The molecule has 0 saturated carbocycles. The SMILES string of the molecule is CC(C)C[C@H](N)C(=O)N1CCC[C@H]1C(=O)N[C@@H](CCC(=O)O)C(=O)N[C@H](C(=O)N[C@@H](CCC(=O)O)C(=O)N[C@@H](CCC(=O)O)C(=O)O)[C@@H](C)O. The van der Waals surface area contributed by atoms with Gasteiger partial charge in [-0.15, -0.1) is 0 Å². The molecule has 20 heteroatoms. The summed E-state index contributed by atoms with van der Waals surface area (Å²) >= 11 is 0. The number of nitrogens with zero attached hydrogens (tertiary/aromatic N) is 1. The monoisotopic (exact) mass is 716 g/mol. The summed E-state index contributed by atoms with van der Waals surface area (Å²) in [5, 5.41) is 55.7. The van der Waals surface area contributed by atoms with Gasteiger partial charge in [0.05, 0.1) is 12.1 Å². The van der Waals surface area contributed by atoms with Crippen LogP contribution < -0.4 is 27.0 Å². The summed E-state index contributed by atoms with van der Waals surface area (Å²) in [5.41, 5.74) is 6.03. The molecule has 5 amide bonds. The summed E-state index contributed by atoms with van der Waals surface area (Å²) in [6.07, 6.45) is -4.15. The van der Waals surface area contributed by atoms with Crippen LogP contribution in [0.3, 0.4) is 0 Å². The Labute approximate surface area is 287 Å². The minimum Gasteiger partial charge on any atom is -0.481 e. The molecule has 0 spiro atoms. The van der Waals surface area contributed by atoms with Crippen molar-refractivity contribution in [2.75, 3.05) is 6.54 Å². The molecule has 1 heterocycles. The van der Waals surface area contributed by atoms with Crippen molar-refractivity contribution in [3.63, 3.8) is 0 Å². The Balaban J connectivity index is 3.19. The summed E-state index contributed by atoms with van der Waals surface area (Å²) in [5.74, 6) is -10.4. The number of aliphatic carboxylic acids is 4. The number of hydrogen-bond donors (Lipinski definition) is 10. The van der Waals surface area contributed by atoms with Gasteiger partial charge in [-0.1, -0.05) is 13.8 Å². The number of carbonyl (C=O) groups excluding carboxylic acids is 5. The highest BCUT2D eigenvalue weighted by molar-refractivity contribution is 5.97. The second-order valence-corrected chi connectivity index (χ2v) is 12.5. The second kappa shape index (κ2) is 20.6. The van der Waals surface area contributed by atoms with Gasteiger partial charge < -0.3 is 57.4 Å². The summed E-state index contributed by atoms with van der Waals surface area (Å²) in [6, 6.07) is -8.76. The summed E-state index contributed by atoms with van der Waals surface area (Å²) in [6.45, 7) is 5.05. The number of hydrogen-bond acceptors (Lipinski definition) is 11. The Hall–Kier alpha value is -4.85. The lowest BCUT2D eigenvalue weighted by Gasteiger charge is -2.30. The van der Waals surface area contributed by atoms with E-state index < -0.39 is 134 Å². The van der Waals surface area contributed by atoms with Crippen molar-refractivity contribution in [1.82, 2.24) is 26.2 Å². The van der Waals surface area contributed by atoms with Gasteiger partial charge in [0.15, 0.2) is 0 Å². The van der Waals surface area contributed by atoms with E-state index in [1.54, 1.807) is 0 Å². The molecule has 1 saturated heterocycles. The quantitative estimate of drug-likeness (QED) is 0.0547. The molecule has 0 radical (unpaired) electrons. The largest absolute Gasteiger partial charge is 0.481 e. The first-order valence-corrected chi connectivity index (χ1v) is 16.1. The van der Waals surface area contributed by atoms with Gasteiger partial charge >= 0.3 is 23.9 Å². The molecule has 50 heavy (non-hydrogen) atoms. The van der Waals surface area contributed by atoms with E-state index in [0.29, 0.717) is 12.8 Å². The molecular formula is C30H48N6O14. The predicted molar refractivity (Wildman–Crippen MR) is 170 cm³/mol. The Bertz CT molecular complexity index is 1270. The molecule has 20 nitrogen and oxygen atoms in total. The standard InChI is InChI=1S/C30H48N6O14/c1-14(2)13-16(31)29(48)36-12-4-5-20(36)27(46)32-18(7-10-22(40)41)26(45)35-24(15(3)37)28(47)33-17(6-9-21(38)39)25(44)34-19(30(49)50)8-11-23(42)43/h14-20,24,37H,4-13,31H2,1-3H3,(H,32,46)(H,33,47)(H,34,44)(H,35,45)(H,38,39)(H,40,41)(H,42,43)(H,49,50)/t15-,16+,17+,18+,19+,20+,24+/m1/s1. The maximum atomic E-state index is 13.4. The smallest absolute Gasteiger partial charge is 0.326 e. The van der Waals surface area contributed by atoms with E-state index in [9.17, 15) is 58.5 Å². The Kier molecular flexibility index (Phi) is 17.8. The Morgan fingerprint density at radius 3 is 1.62 bits per heavy atom. The average molecular weight is 717 g/mol. The molecule has 0 unspecified atom stereocenters. The van der Waals surface area contributed by atoms with Crippen molar-refractivity contribution in [2.45, 2.75) is 121 Å². The lowest BCUT2D eigenvalue weighted by atomic mass is 10.0. The van der Waals surface area contributed by atoms with Crippen molar-refractivity contribution in [1.29, 1.82) is 0 Å². The second-order valence-electron chi connectivity index (χ2n) is 12.5. The number of carboxylic acids is 4. The first-order chi connectivity index (χ1) is 23.2. The van der Waals surface area contributed by atoms with Crippen LogP contribution in [0.25, 0.3) is 0 Å². The first-order valence-electron chi connectivity index (χ1n) is 16.1. The van der Waals surface area contributed by atoms with Crippen LogP contribution >= 0.6 is 0 Å². The molecule has 7 atom stereocenters. The number of nitrogens with one attached hydrogen (secondary N) is 4. The van der Waals surface area contributed by atoms with Crippen molar-refractivity contribution in [3.05, 3.63) is 0 Å². The molecule has 11 N–H and O–H groups in total. The molecule has 1 aliphatic rings. The highest BCUT2D eigenvalue weighted by Crippen LogP contribution is 2.20. The molecule has 0 aromatic carbocycles. The number of likely N-dealkylation sites (tertiary alicyclic amines) is 1. The van der Waals surface area contributed by atoms with E-state index in [4.69, 9.17) is 15.9 Å². The summed E-state index contributed by atoms with van der Waals surface area (Å²) in [7, 11) is 0. The predicted octanol–water partition coefficient (Wildman–Crippen LogP) is -2.65. The topological polar surface area (TPSA) is 332 Å².